The Morgan fingerprint density at radius 2 is 1.89 bits per heavy atom. The summed E-state index contributed by atoms with van der Waals surface area (Å²) < 4.78 is 25.5. The SMILES string of the molecule is COc1ccc2cc3[n+](cc2c1OCCSc1cccc(C)c1)CCc1cc2c(cc1-3)OCO2.[Br-]. The molecule has 0 amide bonds. The highest BCUT2D eigenvalue weighted by molar-refractivity contribution is 7.99. The molecule has 0 saturated carbocycles. The van der Waals surface area contributed by atoms with E-state index in [9.17, 15) is 0 Å². The minimum atomic E-state index is 0. The number of methoxy groups -OCH3 is 1. The number of halogens is 1. The summed E-state index contributed by atoms with van der Waals surface area (Å²) in [6, 6.07) is 19.1. The first kappa shape index (κ1) is 23.8. The Balaban J connectivity index is 0.00000253. The lowest BCUT2D eigenvalue weighted by Gasteiger charge is -2.18. The summed E-state index contributed by atoms with van der Waals surface area (Å²) >= 11 is 1.80. The molecule has 2 aliphatic rings. The fourth-order valence-corrected chi connectivity index (χ4v) is 5.56. The molecule has 3 heterocycles. The van der Waals surface area contributed by atoms with Crippen molar-refractivity contribution in [3.05, 3.63) is 71.9 Å². The second-order valence-corrected chi connectivity index (χ2v) is 9.75. The second kappa shape index (κ2) is 9.99. The number of thioether (sulfide) groups is 1. The Kier molecular flexibility index (Phi) is 6.80. The van der Waals surface area contributed by atoms with E-state index in [0.717, 1.165) is 52.5 Å². The Bertz CT molecular complexity index is 1410. The molecule has 0 unspecified atom stereocenters. The predicted molar refractivity (Wildman–Crippen MR) is 133 cm³/mol. The van der Waals surface area contributed by atoms with E-state index in [0.29, 0.717) is 13.4 Å². The Morgan fingerprint density at radius 1 is 1.03 bits per heavy atom. The van der Waals surface area contributed by atoms with Crippen molar-refractivity contribution < 1.29 is 40.5 Å². The molecule has 3 aromatic carbocycles. The maximum absolute atomic E-state index is 6.32. The Labute approximate surface area is 219 Å². The normalized spacial score (nSPS) is 13.1. The lowest BCUT2D eigenvalue weighted by atomic mass is 9.95. The van der Waals surface area contributed by atoms with Crippen LogP contribution in [-0.4, -0.2) is 26.3 Å². The largest absolute Gasteiger partial charge is 1.00 e. The number of aryl methyl sites for hydroxylation is 3. The average Bonchev–Trinajstić information content (AvgIpc) is 3.31. The minimum Gasteiger partial charge on any atom is -1.00 e. The van der Waals surface area contributed by atoms with Crippen LogP contribution in [0, 0.1) is 6.92 Å². The molecule has 0 spiro atoms. The molecule has 6 rings (SSSR count). The van der Waals surface area contributed by atoms with Crippen LogP contribution in [-0.2, 0) is 13.0 Å². The Morgan fingerprint density at radius 3 is 2.71 bits per heavy atom. The van der Waals surface area contributed by atoms with Gasteiger partial charge in [0.2, 0.25) is 12.5 Å². The van der Waals surface area contributed by atoms with Gasteiger partial charge in [0.25, 0.3) is 0 Å². The molecular formula is C28H26BrNO4S. The molecule has 0 N–H and O–H groups in total. The van der Waals surface area contributed by atoms with Crippen LogP contribution in [0.5, 0.6) is 23.0 Å². The van der Waals surface area contributed by atoms with Gasteiger partial charge in [0, 0.05) is 23.1 Å². The lowest BCUT2D eigenvalue weighted by molar-refractivity contribution is -0.686. The van der Waals surface area contributed by atoms with E-state index in [2.05, 4.69) is 66.2 Å². The van der Waals surface area contributed by atoms with E-state index in [1.165, 1.54) is 27.3 Å². The molecule has 0 aliphatic carbocycles. The average molecular weight is 552 g/mol. The van der Waals surface area contributed by atoms with Gasteiger partial charge in [-0.2, -0.15) is 4.57 Å². The minimum absolute atomic E-state index is 0. The number of pyridine rings is 1. The third-order valence-electron chi connectivity index (χ3n) is 6.38. The topological polar surface area (TPSA) is 40.8 Å². The molecule has 180 valence electrons. The van der Waals surface area contributed by atoms with Crippen molar-refractivity contribution in [2.24, 2.45) is 0 Å². The molecule has 0 saturated heterocycles. The number of hydrogen-bond acceptors (Lipinski definition) is 5. The smallest absolute Gasteiger partial charge is 0.231 e. The summed E-state index contributed by atoms with van der Waals surface area (Å²) in [7, 11) is 1.69. The zero-order valence-electron chi connectivity index (χ0n) is 19.7. The van der Waals surface area contributed by atoms with Gasteiger partial charge in [0.05, 0.1) is 24.7 Å². The molecule has 0 bridgehead atoms. The van der Waals surface area contributed by atoms with Crippen LogP contribution in [0.1, 0.15) is 11.1 Å². The van der Waals surface area contributed by atoms with Gasteiger partial charge in [-0.05, 0) is 54.3 Å². The summed E-state index contributed by atoms with van der Waals surface area (Å²) in [6.07, 6.45) is 3.15. The highest BCUT2D eigenvalue weighted by Crippen LogP contribution is 2.41. The van der Waals surface area contributed by atoms with Crippen LogP contribution in [0.3, 0.4) is 0 Å². The van der Waals surface area contributed by atoms with Crippen molar-refractivity contribution in [1.82, 2.24) is 0 Å². The Hall–Kier alpha value is -2.90. The molecule has 7 heteroatoms. The third kappa shape index (κ3) is 4.55. The molecule has 1 aromatic heterocycles. The lowest BCUT2D eigenvalue weighted by Crippen LogP contribution is -3.00. The molecular weight excluding hydrogens is 526 g/mol. The second-order valence-electron chi connectivity index (χ2n) is 8.58. The first-order chi connectivity index (χ1) is 16.7. The standard InChI is InChI=1S/C28H26NO4S.BrH/c1-18-4-3-5-21(12-18)34-11-10-31-28-23-16-29-9-8-20-14-26-27(33-17-32-26)15-22(20)24(29)13-19(23)6-7-25(28)30-2;/h3-7,12-16H,8-11,17H2,1-2H3;1H/q+1;/p-1. The van der Waals surface area contributed by atoms with Crippen molar-refractivity contribution >= 4 is 22.5 Å². The van der Waals surface area contributed by atoms with Gasteiger partial charge >= 0.3 is 0 Å². The van der Waals surface area contributed by atoms with E-state index in [1.54, 1.807) is 18.9 Å². The number of benzene rings is 3. The van der Waals surface area contributed by atoms with Gasteiger partial charge in [-0.1, -0.05) is 17.7 Å². The van der Waals surface area contributed by atoms with Crippen molar-refractivity contribution in [3.8, 4) is 34.3 Å². The third-order valence-corrected chi connectivity index (χ3v) is 7.34. The molecule has 5 nitrogen and oxygen atoms in total. The molecule has 0 fully saturated rings. The predicted octanol–water partition coefficient (Wildman–Crippen LogP) is 2.57. The van der Waals surface area contributed by atoms with Gasteiger partial charge in [-0.25, -0.2) is 0 Å². The van der Waals surface area contributed by atoms with E-state index < -0.39 is 0 Å². The number of fused-ring (bicyclic) bond motifs is 5. The fourth-order valence-electron chi connectivity index (χ4n) is 4.72. The van der Waals surface area contributed by atoms with E-state index >= 15 is 0 Å². The van der Waals surface area contributed by atoms with E-state index in [-0.39, 0.29) is 17.0 Å². The number of aromatic nitrogens is 1. The highest BCUT2D eigenvalue weighted by Gasteiger charge is 2.28. The molecule has 35 heavy (non-hydrogen) atoms. The van der Waals surface area contributed by atoms with Crippen LogP contribution >= 0.6 is 11.8 Å². The van der Waals surface area contributed by atoms with Gasteiger partial charge in [-0.3, -0.25) is 0 Å². The number of rotatable bonds is 6. The van der Waals surface area contributed by atoms with Gasteiger partial charge in [0.1, 0.15) is 0 Å². The van der Waals surface area contributed by atoms with Crippen molar-refractivity contribution in [3.63, 3.8) is 0 Å². The highest BCUT2D eigenvalue weighted by atomic mass is 79.9. The summed E-state index contributed by atoms with van der Waals surface area (Å²) in [5.41, 5.74) is 4.94. The van der Waals surface area contributed by atoms with Crippen LogP contribution < -0.4 is 40.5 Å². The summed E-state index contributed by atoms with van der Waals surface area (Å²) in [5.74, 6) is 4.08. The molecule has 2 aliphatic heterocycles. The van der Waals surface area contributed by atoms with Gasteiger partial charge < -0.3 is 35.9 Å². The molecule has 0 atom stereocenters. The van der Waals surface area contributed by atoms with Crippen LogP contribution in [0.4, 0.5) is 0 Å². The van der Waals surface area contributed by atoms with Crippen LogP contribution in [0.2, 0.25) is 0 Å². The van der Waals surface area contributed by atoms with Crippen LogP contribution in [0.25, 0.3) is 22.0 Å². The van der Waals surface area contributed by atoms with Gasteiger partial charge in [-0.15, -0.1) is 11.8 Å². The summed E-state index contributed by atoms with van der Waals surface area (Å²) in [5, 5.41) is 2.19. The van der Waals surface area contributed by atoms with Crippen molar-refractivity contribution in [1.29, 1.82) is 0 Å². The quantitative estimate of drug-likeness (QED) is 0.209. The first-order valence-electron chi connectivity index (χ1n) is 11.5. The summed E-state index contributed by atoms with van der Waals surface area (Å²) in [4.78, 5) is 1.26. The van der Waals surface area contributed by atoms with Crippen molar-refractivity contribution in [2.45, 2.75) is 24.8 Å². The fraction of sp³-hybridized carbons (Fsp3) is 0.250. The maximum Gasteiger partial charge on any atom is 0.231 e. The molecule has 0 radical (unpaired) electrons. The van der Waals surface area contributed by atoms with E-state index in [4.69, 9.17) is 18.9 Å². The summed E-state index contributed by atoms with van der Waals surface area (Å²) in [6.45, 7) is 3.91. The monoisotopic (exact) mass is 551 g/mol. The number of nitrogens with zero attached hydrogens (tertiary/aromatic N) is 1. The zero-order chi connectivity index (χ0) is 23.1. The zero-order valence-corrected chi connectivity index (χ0v) is 22.1. The van der Waals surface area contributed by atoms with Crippen molar-refractivity contribution in [2.75, 3.05) is 26.3 Å². The molecule has 4 aromatic rings. The number of ether oxygens (including phenoxy) is 4. The van der Waals surface area contributed by atoms with Crippen LogP contribution in [0.15, 0.2) is 65.7 Å². The number of hydrogen-bond donors (Lipinski definition) is 0. The maximum atomic E-state index is 6.32. The van der Waals surface area contributed by atoms with Gasteiger partial charge in [0.15, 0.2) is 35.7 Å². The first-order valence-corrected chi connectivity index (χ1v) is 12.5. The van der Waals surface area contributed by atoms with E-state index in [1.807, 2.05) is 6.07 Å².